The van der Waals surface area contributed by atoms with Gasteiger partial charge in [0.2, 0.25) is 0 Å². The minimum atomic E-state index is -1.36. The van der Waals surface area contributed by atoms with Gasteiger partial charge in [-0.25, -0.2) is 13.2 Å². The predicted octanol–water partition coefficient (Wildman–Crippen LogP) is 8.75. The third-order valence-electron chi connectivity index (χ3n) is 8.87. The third kappa shape index (κ3) is 6.77. The molecule has 0 saturated heterocycles. The van der Waals surface area contributed by atoms with Crippen LogP contribution in [0.3, 0.4) is 0 Å². The molecule has 0 aliphatic heterocycles. The molecule has 0 N–H and O–H groups in total. The third-order valence-corrected chi connectivity index (χ3v) is 8.87. The summed E-state index contributed by atoms with van der Waals surface area (Å²) in [5, 5.41) is 0. The van der Waals surface area contributed by atoms with E-state index >= 15 is 0 Å². The highest BCUT2D eigenvalue weighted by Gasteiger charge is 2.31. The summed E-state index contributed by atoms with van der Waals surface area (Å²) in [6.45, 7) is 5.26. The maximum Gasteiger partial charge on any atom is 0.194 e. The lowest BCUT2D eigenvalue weighted by molar-refractivity contribution is 0.100. The topological polar surface area (TPSA) is 9.23 Å². The van der Waals surface area contributed by atoms with Crippen molar-refractivity contribution in [2.45, 2.75) is 83.0 Å². The molecule has 3 aliphatic rings. The van der Waals surface area contributed by atoms with Gasteiger partial charge in [0.05, 0.1) is 6.61 Å². The van der Waals surface area contributed by atoms with E-state index in [-0.39, 0.29) is 5.92 Å². The van der Waals surface area contributed by atoms with Gasteiger partial charge in [-0.3, -0.25) is 0 Å². The van der Waals surface area contributed by atoms with Gasteiger partial charge >= 0.3 is 0 Å². The van der Waals surface area contributed by atoms with E-state index < -0.39 is 17.5 Å². The smallest absolute Gasteiger partial charge is 0.194 e. The average molecular weight is 475 g/mol. The maximum absolute atomic E-state index is 13.6. The Morgan fingerprint density at radius 3 is 1.76 bits per heavy atom. The molecule has 0 aromatic heterocycles. The number of hydrogen-bond acceptors (Lipinski definition) is 1. The van der Waals surface area contributed by atoms with Crippen molar-refractivity contribution in [3.05, 3.63) is 60.0 Å². The first-order valence-corrected chi connectivity index (χ1v) is 13.5. The van der Waals surface area contributed by atoms with E-state index in [9.17, 15) is 13.2 Å². The molecule has 0 amide bonds. The van der Waals surface area contributed by atoms with Gasteiger partial charge in [-0.15, -0.1) is 6.58 Å². The second kappa shape index (κ2) is 12.4. The zero-order chi connectivity index (χ0) is 23.9. The van der Waals surface area contributed by atoms with Crippen molar-refractivity contribution in [1.82, 2.24) is 0 Å². The van der Waals surface area contributed by atoms with Crippen molar-refractivity contribution in [2.24, 2.45) is 29.6 Å². The second-order valence-corrected chi connectivity index (χ2v) is 11.1. The molecule has 0 spiro atoms. The van der Waals surface area contributed by atoms with Gasteiger partial charge in [-0.05, 0) is 130 Å². The lowest BCUT2D eigenvalue weighted by atomic mass is 9.68. The van der Waals surface area contributed by atoms with Crippen LogP contribution < -0.4 is 0 Å². The van der Waals surface area contributed by atoms with Crippen LogP contribution in [0.1, 0.15) is 88.5 Å². The van der Waals surface area contributed by atoms with Crippen LogP contribution in [0.5, 0.6) is 0 Å². The molecule has 1 aromatic carbocycles. The van der Waals surface area contributed by atoms with Crippen molar-refractivity contribution < 1.29 is 17.9 Å². The van der Waals surface area contributed by atoms with Gasteiger partial charge in [-0.2, -0.15) is 0 Å². The second-order valence-electron chi connectivity index (χ2n) is 11.1. The van der Waals surface area contributed by atoms with Gasteiger partial charge in [0.15, 0.2) is 17.5 Å². The highest BCUT2D eigenvalue weighted by atomic mass is 19.2. The van der Waals surface area contributed by atoms with Gasteiger partial charge in [-0.1, -0.05) is 18.2 Å². The largest absolute Gasteiger partial charge is 0.377 e. The van der Waals surface area contributed by atoms with Crippen molar-refractivity contribution in [3.63, 3.8) is 0 Å². The van der Waals surface area contributed by atoms with Crippen molar-refractivity contribution in [1.29, 1.82) is 0 Å². The monoisotopic (exact) mass is 474 g/mol. The van der Waals surface area contributed by atoms with Crippen LogP contribution in [0.25, 0.3) is 0 Å². The van der Waals surface area contributed by atoms with Gasteiger partial charge in [0, 0.05) is 6.61 Å². The number of hydrogen-bond donors (Lipinski definition) is 0. The Labute approximate surface area is 203 Å². The number of ether oxygens (including phenoxy) is 1. The molecule has 0 radical (unpaired) electrons. The van der Waals surface area contributed by atoms with Crippen molar-refractivity contribution >= 4 is 0 Å². The summed E-state index contributed by atoms with van der Waals surface area (Å²) >= 11 is 0. The number of allylic oxidation sites excluding steroid dienone is 2. The minimum absolute atomic E-state index is 0.156. The molecular weight excluding hydrogens is 433 g/mol. The molecule has 4 rings (SSSR count). The summed E-state index contributed by atoms with van der Waals surface area (Å²) in [6, 6.07) is 2.40. The van der Waals surface area contributed by atoms with Crippen LogP contribution >= 0.6 is 0 Å². The predicted molar refractivity (Wildman–Crippen MR) is 132 cm³/mol. The highest BCUT2D eigenvalue weighted by molar-refractivity contribution is 5.23. The Morgan fingerprint density at radius 2 is 1.24 bits per heavy atom. The van der Waals surface area contributed by atoms with Crippen LogP contribution in [0.2, 0.25) is 0 Å². The lowest BCUT2D eigenvalue weighted by Gasteiger charge is -2.37. The summed E-state index contributed by atoms with van der Waals surface area (Å²) in [6.07, 6.45) is 21.3. The molecule has 1 aromatic rings. The van der Waals surface area contributed by atoms with Crippen LogP contribution in [-0.2, 0) is 4.74 Å². The van der Waals surface area contributed by atoms with Crippen LogP contribution in [0, 0.1) is 47.0 Å². The van der Waals surface area contributed by atoms with Gasteiger partial charge < -0.3 is 4.74 Å². The van der Waals surface area contributed by atoms with E-state index in [1.54, 1.807) is 0 Å². The fraction of sp³-hybridized carbons (Fsp3) is 0.667. The summed E-state index contributed by atoms with van der Waals surface area (Å²) < 4.78 is 46.2. The van der Waals surface area contributed by atoms with E-state index in [2.05, 4.69) is 18.7 Å². The first kappa shape index (κ1) is 25.5. The molecule has 34 heavy (non-hydrogen) atoms. The van der Waals surface area contributed by atoms with E-state index in [0.29, 0.717) is 12.2 Å². The summed E-state index contributed by atoms with van der Waals surface area (Å²) in [5.41, 5.74) is 0.627. The lowest BCUT2D eigenvalue weighted by Crippen LogP contribution is -2.25. The van der Waals surface area contributed by atoms with E-state index in [1.165, 1.54) is 63.5 Å². The van der Waals surface area contributed by atoms with E-state index in [0.717, 1.165) is 61.9 Å². The fourth-order valence-corrected chi connectivity index (χ4v) is 6.72. The fourth-order valence-electron chi connectivity index (χ4n) is 6.72. The molecule has 0 unspecified atom stereocenters. The molecule has 3 saturated carbocycles. The zero-order valence-electron chi connectivity index (χ0n) is 20.5. The first-order valence-electron chi connectivity index (χ1n) is 13.5. The van der Waals surface area contributed by atoms with Crippen LogP contribution in [0.15, 0.2) is 36.9 Å². The van der Waals surface area contributed by atoms with E-state index in [1.807, 2.05) is 6.08 Å². The summed E-state index contributed by atoms with van der Waals surface area (Å²) in [7, 11) is 0. The Morgan fingerprint density at radius 1 is 0.735 bits per heavy atom. The molecule has 0 bridgehead atoms. The van der Waals surface area contributed by atoms with E-state index in [4.69, 9.17) is 4.74 Å². The maximum atomic E-state index is 13.6. The number of benzene rings is 1. The standard InChI is InChI=1S/C30H41F3O/c1-2-17-34-20-23-7-5-21(6-8-23)3-4-22-9-11-24(12-10-22)25-13-15-26(16-14-25)27-18-28(31)30(33)29(32)19-27/h2-4,18-19,21-26H,1,5-17,20H2/b4-3+. The first-order chi connectivity index (χ1) is 16.5. The highest BCUT2D eigenvalue weighted by Crippen LogP contribution is 2.44. The SMILES string of the molecule is C=CCOCC1CCC(/C=C/C2CCC(C3CCC(c4cc(F)c(F)c(F)c4)CC3)CC2)CC1. The van der Waals surface area contributed by atoms with Crippen molar-refractivity contribution in [3.8, 4) is 0 Å². The molecule has 4 heteroatoms. The molecule has 0 atom stereocenters. The molecule has 188 valence electrons. The summed E-state index contributed by atoms with van der Waals surface area (Å²) in [5.74, 6) is 0.386. The quantitative estimate of drug-likeness (QED) is 0.208. The van der Waals surface area contributed by atoms with Crippen LogP contribution in [-0.4, -0.2) is 13.2 Å². The number of halogens is 3. The zero-order valence-corrected chi connectivity index (χ0v) is 20.5. The molecule has 1 nitrogen and oxygen atoms in total. The number of rotatable bonds is 8. The van der Waals surface area contributed by atoms with Crippen molar-refractivity contribution in [2.75, 3.05) is 13.2 Å². The normalized spacial score (nSPS) is 32.7. The Kier molecular flexibility index (Phi) is 9.33. The summed E-state index contributed by atoms with van der Waals surface area (Å²) in [4.78, 5) is 0. The Hall–Kier alpha value is -1.55. The average Bonchev–Trinajstić information content (AvgIpc) is 2.87. The van der Waals surface area contributed by atoms with Gasteiger partial charge in [0.25, 0.3) is 0 Å². The molecular formula is C30H41F3O. The molecule has 0 heterocycles. The Balaban J connectivity index is 1.16. The van der Waals surface area contributed by atoms with Crippen LogP contribution in [0.4, 0.5) is 13.2 Å². The Bertz CT molecular complexity index is 787. The van der Waals surface area contributed by atoms with Gasteiger partial charge in [0.1, 0.15) is 0 Å². The minimum Gasteiger partial charge on any atom is -0.377 e. The molecule has 3 fully saturated rings. The molecule has 3 aliphatic carbocycles.